The van der Waals surface area contributed by atoms with E-state index < -0.39 is 0 Å². The normalized spacial score (nSPS) is 13.0. The third kappa shape index (κ3) is 8.36. The molecule has 0 aromatic heterocycles. The fourth-order valence-corrected chi connectivity index (χ4v) is 1.67. The first kappa shape index (κ1) is 16.6. The van der Waals surface area contributed by atoms with Crippen LogP contribution in [0.2, 0.25) is 0 Å². The fraction of sp³-hybridized carbons (Fsp3) is 0.857. The molecule has 1 N–H and O–H groups in total. The van der Waals surface area contributed by atoms with Gasteiger partial charge in [0.2, 0.25) is 0 Å². The zero-order chi connectivity index (χ0) is 13.1. The van der Waals surface area contributed by atoms with Crippen LogP contribution in [-0.2, 0) is 9.47 Å². The molecule has 0 aromatic rings. The summed E-state index contributed by atoms with van der Waals surface area (Å²) in [6.07, 6.45) is 3.00. The van der Waals surface area contributed by atoms with Crippen molar-refractivity contribution in [3.8, 4) is 0 Å². The number of ether oxygens (including phenoxy) is 2. The largest absolute Gasteiger partial charge is 0.351 e. The number of hydrogen-bond acceptors (Lipinski definition) is 3. The van der Waals surface area contributed by atoms with Gasteiger partial charge in [0.25, 0.3) is 0 Å². The summed E-state index contributed by atoms with van der Waals surface area (Å²) in [4.78, 5) is 0. The van der Waals surface area contributed by atoms with Crippen LogP contribution in [0.25, 0.3) is 0 Å². The van der Waals surface area contributed by atoms with E-state index in [-0.39, 0.29) is 12.3 Å². The van der Waals surface area contributed by atoms with Crippen molar-refractivity contribution in [1.29, 1.82) is 0 Å². The molecule has 1 atom stereocenters. The molecule has 0 aromatic carbocycles. The molecular formula is C14H29NO2. The third-order valence-corrected chi connectivity index (χ3v) is 2.53. The maximum absolute atomic E-state index is 5.66. The molecule has 0 saturated heterocycles. The molecule has 0 rings (SSSR count). The van der Waals surface area contributed by atoms with Crippen LogP contribution in [0.4, 0.5) is 0 Å². The quantitative estimate of drug-likeness (QED) is 0.447. The monoisotopic (exact) mass is 243 g/mol. The zero-order valence-electron chi connectivity index (χ0n) is 11.9. The molecule has 17 heavy (non-hydrogen) atoms. The van der Waals surface area contributed by atoms with E-state index in [1.54, 1.807) is 0 Å². The highest BCUT2D eigenvalue weighted by Crippen LogP contribution is 2.12. The van der Waals surface area contributed by atoms with E-state index in [9.17, 15) is 0 Å². The van der Waals surface area contributed by atoms with Crippen LogP contribution in [0.3, 0.4) is 0 Å². The molecule has 0 heterocycles. The Morgan fingerprint density at radius 2 is 1.76 bits per heavy atom. The number of allylic oxidation sites excluding steroid dienone is 1. The average Bonchev–Trinajstić information content (AvgIpc) is 2.29. The lowest BCUT2D eigenvalue weighted by Gasteiger charge is -2.27. The topological polar surface area (TPSA) is 30.5 Å². The maximum Gasteiger partial charge on any atom is 0.172 e. The average molecular weight is 243 g/mol. The van der Waals surface area contributed by atoms with Gasteiger partial charge in [0.05, 0.1) is 6.04 Å². The summed E-state index contributed by atoms with van der Waals surface area (Å²) in [5.41, 5.74) is 1.21. The smallest absolute Gasteiger partial charge is 0.172 e. The van der Waals surface area contributed by atoms with Gasteiger partial charge in [0, 0.05) is 13.2 Å². The SMILES string of the molecule is C=C(C)CCC(NCCC)C(OCC)OCC. The van der Waals surface area contributed by atoms with Gasteiger partial charge in [0.1, 0.15) is 0 Å². The van der Waals surface area contributed by atoms with Gasteiger partial charge >= 0.3 is 0 Å². The summed E-state index contributed by atoms with van der Waals surface area (Å²) in [7, 11) is 0. The van der Waals surface area contributed by atoms with Crippen LogP contribution in [0.15, 0.2) is 12.2 Å². The highest BCUT2D eigenvalue weighted by atomic mass is 16.7. The summed E-state index contributed by atoms with van der Waals surface area (Å²) < 4.78 is 11.3. The number of nitrogens with one attached hydrogen (secondary N) is 1. The molecule has 0 radical (unpaired) electrons. The van der Waals surface area contributed by atoms with Gasteiger partial charge in [-0.25, -0.2) is 0 Å². The molecule has 0 fully saturated rings. The van der Waals surface area contributed by atoms with Crippen LogP contribution < -0.4 is 5.32 Å². The molecule has 0 spiro atoms. The highest BCUT2D eigenvalue weighted by molar-refractivity contribution is 4.90. The Bertz CT molecular complexity index is 189. The zero-order valence-corrected chi connectivity index (χ0v) is 11.9. The molecule has 102 valence electrons. The van der Waals surface area contributed by atoms with Crippen molar-refractivity contribution in [2.45, 2.75) is 59.3 Å². The van der Waals surface area contributed by atoms with Crippen molar-refractivity contribution >= 4 is 0 Å². The molecule has 1 unspecified atom stereocenters. The first-order valence-electron chi connectivity index (χ1n) is 6.76. The van der Waals surface area contributed by atoms with Gasteiger partial charge in [-0.3, -0.25) is 0 Å². The van der Waals surface area contributed by atoms with Crippen LogP contribution in [-0.4, -0.2) is 32.1 Å². The second-order valence-electron chi connectivity index (χ2n) is 4.34. The molecule has 0 saturated carbocycles. The summed E-state index contributed by atoms with van der Waals surface area (Å²) >= 11 is 0. The van der Waals surface area contributed by atoms with E-state index in [2.05, 4.69) is 25.7 Å². The fourth-order valence-electron chi connectivity index (χ4n) is 1.67. The van der Waals surface area contributed by atoms with Gasteiger partial charge < -0.3 is 14.8 Å². The van der Waals surface area contributed by atoms with Crippen molar-refractivity contribution in [2.24, 2.45) is 0 Å². The van der Waals surface area contributed by atoms with Crippen molar-refractivity contribution in [3.63, 3.8) is 0 Å². The van der Waals surface area contributed by atoms with E-state index in [4.69, 9.17) is 9.47 Å². The maximum atomic E-state index is 5.66. The summed E-state index contributed by atoms with van der Waals surface area (Å²) in [6.45, 7) is 14.5. The van der Waals surface area contributed by atoms with Crippen LogP contribution in [0.1, 0.15) is 47.0 Å². The minimum atomic E-state index is -0.143. The first-order valence-corrected chi connectivity index (χ1v) is 6.76. The standard InChI is InChI=1S/C14H29NO2/c1-6-11-15-13(10-9-12(4)5)14(16-7-2)17-8-3/h13-15H,4,6-11H2,1-3,5H3. The summed E-state index contributed by atoms with van der Waals surface area (Å²) in [5.74, 6) is 0. The van der Waals surface area contributed by atoms with Crippen molar-refractivity contribution in [3.05, 3.63) is 12.2 Å². The predicted molar refractivity (Wildman–Crippen MR) is 73.2 cm³/mol. The highest BCUT2D eigenvalue weighted by Gasteiger charge is 2.21. The molecule has 0 amide bonds. The third-order valence-electron chi connectivity index (χ3n) is 2.53. The van der Waals surface area contributed by atoms with Crippen LogP contribution in [0, 0.1) is 0 Å². The number of hydrogen-bond donors (Lipinski definition) is 1. The number of rotatable bonds is 11. The molecule has 0 bridgehead atoms. The first-order chi connectivity index (χ1) is 8.15. The van der Waals surface area contributed by atoms with Crippen LogP contribution in [0.5, 0.6) is 0 Å². The Morgan fingerprint density at radius 1 is 1.18 bits per heavy atom. The van der Waals surface area contributed by atoms with Crippen molar-refractivity contribution < 1.29 is 9.47 Å². The molecule has 0 aliphatic rings. The van der Waals surface area contributed by atoms with Crippen molar-refractivity contribution in [2.75, 3.05) is 19.8 Å². The van der Waals surface area contributed by atoms with Crippen LogP contribution >= 0.6 is 0 Å². The molecule has 0 aliphatic carbocycles. The predicted octanol–water partition coefficient (Wildman–Crippen LogP) is 3.11. The summed E-state index contributed by atoms with van der Waals surface area (Å²) in [5, 5.41) is 3.50. The lowest BCUT2D eigenvalue weighted by molar-refractivity contribution is -0.154. The van der Waals surface area contributed by atoms with Gasteiger partial charge in [-0.15, -0.1) is 6.58 Å². The molecular weight excluding hydrogens is 214 g/mol. The van der Waals surface area contributed by atoms with Gasteiger partial charge in [-0.05, 0) is 46.6 Å². The van der Waals surface area contributed by atoms with E-state index in [0.717, 1.165) is 25.8 Å². The lowest BCUT2D eigenvalue weighted by Crippen LogP contribution is -2.43. The molecule has 3 nitrogen and oxygen atoms in total. The van der Waals surface area contributed by atoms with E-state index in [1.165, 1.54) is 5.57 Å². The van der Waals surface area contributed by atoms with E-state index in [1.807, 2.05) is 13.8 Å². The summed E-state index contributed by atoms with van der Waals surface area (Å²) in [6, 6.07) is 0.256. The van der Waals surface area contributed by atoms with E-state index in [0.29, 0.717) is 13.2 Å². The lowest BCUT2D eigenvalue weighted by atomic mass is 10.1. The Balaban J connectivity index is 4.30. The van der Waals surface area contributed by atoms with Gasteiger partial charge in [-0.1, -0.05) is 12.5 Å². The van der Waals surface area contributed by atoms with Gasteiger partial charge in [-0.2, -0.15) is 0 Å². The Labute approximate surface area is 107 Å². The second-order valence-corrected chi connectivity index (χ2v) is 4.34. The Kier molecular flexibility index (Phi) is 10.5. The minimum absolute atomic E-state index is 0.143. The van der Waals surface area contributed by atoms with Gasteiger partial charge in [0.15, 0.2) is 6.29 Å². The molecule has 3 heteroatoms. The Morgan fingerprint density at radius 3 is 2.18 bits per heavy atom. The van der Waals surface area contributed by atoms with E-state index >= 15 is 0 Å². The second kappa shape index (κ2) is 10.8. The Hall–Kier alpha value is -0.380. The molecule has 0 aliphatic heterocycles. The van der Waals surface area contributed by atoms with Crippen molar-refractivity contribution in [1.82, 2.24) is 5.32 Å². The minimum Gasteiger partial charge on any atom is -0.351 e.